The summed E-state index contributed by atoms with van der Waals surface area (Å²) in [5.74, 6) is 2.60. The van der Waals surface area contributed by atoms with Crippen molar-refractivity contribution in [1.82, 2.24) is 19.9 Å². The van der Waals surface area contributed by atoms with Crippen LogP contribution in [-0.4, -0.2) is 148 Å². The molecule has 8 aliphatic rings. The number of hydrogen-bond donors (Lipinski definition) is 6. The van der Waals surface area contributed by atoms with E-state index in [1.54, 1.807) is 42.7 Å². The Hall–Kier alpha value is -8.72. The van der Waals surface area contributed by atoms with Gasteiger partial charge in [0.15, 0.2) is 5.78 Å². The monoisotopic (exact) mass is 1720 g/mol. The number of aromatic hydroxyl groups is 2. The minimum atomic E-state index is -1.00. The average molecular weight is 1730 g/mol. The van der Waals surface area contributed by atoms with Crippen LogP contribution in [0.2, 0.25) is 0 Å². The number of ketones is 1. The number of aromatic nitrogens is 3. The maximum absolute atomic E-state index is 13.8. The van der Waals surface area contributed by atoms with Gasteiger partial charge in [-0.15, -0.1) is 28.6 Å². The van der Waals surface area contributed by atoms with Gasteiger partial charge in [-0.05, 0) is 178 Å². The number of carbonyl (C=O) groups is 6. The van der Waals surface area contributed by atoms with E-state index in [1.807, 2.05) is 169 Å². The van der Waals surface area contributed by atoms with Crippen LogP contribution in [0.5, 0.6) is 11.5 Å². The number of alkyl halides is 4. The summed E-state index contributed by atoms with van der Waals surface area (Å²) in [6, 6.07) is 44.2. The van der Waals surface area contributed by atoms with Crippen LogP contribution in [0.1, 0.15) is 136 Å². The molecule has 6 N–H and O–H groups in total. The van der Waals surface area contributed by atoms with E-state index in [2.05, 4.69) is 58.2 Å². The number of amides is 5. The predicted molar refractivity (Wildman–Crippen MR) is 444 cm³/mol. The first-order valence-electron chi connectivity index (χ1n) is 36.9. The molecule has 26 heteroatoms. The molecule has 4 atom stereocenters. The Balaban J connectivity index is 0.000000149. The maximum Gasteiger partial charge on any atom is 1.00 e. The first-order chi connectivity index (χ1) is 52.9. The van der Waals surface area contributed by atoms with Crippen molar-refractivity contribution in [3.8, 4) is 11.5 Å². The van der Waals surface area contributed by atoms with Crippen molar-refractivity contribution < 1.29 is 88.9 Å². The van der Waals surface area contributed by atoms with Gasteiger partial charge < -0.3 is 59.8 Å². The van der Waals surface area contributed by atoms with Gasteiger partial charge in [0.1, 0.15) is 39.8 Å². The smallest absolute Gasteiger partial charge is 0.857 e. The minimum absolute atomic E-state index is 0. The largest absolute Gasteiger partial charge is 1.00 e. The molecule has 0 radical (unpaired) electrons. The molecule has 572 valence electrons. The zero-order valence-electron chi connectivity index (χ0n) is 64.0. The van der Waals surface area contributed by atoms with Gasteiger partial charge in [-0.3, -0.25) is 33.4 Å². The fraction of sp³-hybridized carbons (Fsp3) is 0.318. The van der Waals surface area contributed by atoms with Crippen molar-refractivity contribution >= 4 is 179 Å². The van der Waals surface area contributed by atoms with Gasteiger partial charge in [0.25, 0.3) is 17.7 Å². The molecule has 1 spiro atoms. The first-order valence-corrected chi connectivity index (χ1v) is 39.4. The molecular weight excluding hydrogens is 1640 g/mol. The summed E-state index contributed by atoms with van der Waals surface area (Å²) in [7, 11) is -0.250. The van der Waals surface area contributed by atoms with E-state index in [0.29, 0.717) is 80.1 Å². The van der Waals surface area contributed by atoms with Gasteiger partial charge in [0.2, 0.25) is 0 Å². The van der Waals surface area contributed by atoms with Gasteiger partial charge in [0.05, 0.1) is 31.3 Å². The summed E-state index contributed by atoms with van der Waals surface area (Å²) < 4.78 is 26.7. The summed E-state index contributed by atoms with van der Waals surface area (Å²) in [5, 5.41) is 40.2. The molecule has 2 aliphatic carbocycles. The van der Waals surface area contributed by atoms with E-state index < -0.39 is 18.4 Å². The number of ether oxygens (including phenoxy) is 2. The zero-order chi connectivity index (χ0) is 78.2. The average Bonchev–Trinajstić information content (AvgIpc) is 1.50. The topological polar surface area (TPSA) is 260 Å². The van der Waals surface area contributed by atoms with Crippen LogP contribution < -0.4 is 59.6 Å². The van der Waals surface area contributed by atoms with E-state index in [0.717, 1.165) is 148 Å². The van der Waals surface area contributed by atoms with Crippen molar-refractivity contribution in [2.75, 3.05) is 95.5 Å². The number of hydrogen-bond acceptors (Lipinski definition) is 12. The molecule has 20 nitrogen and oxygen atoms in total. The quantitative estimate of drug-likeness (QED) is 0.0694. The number of fused-ring (bicyclic) bond motifs is 16. The molecule has 11 aromatic rings. The molecule has 2 fully saturated rings. The number of nitrogens with zero attached hydrogens (tertiary/aromatic N) is 5. The Kier molecular flexibility index (Phi) is 23.5. The zero-order valence-corrected chi connectivity index (χ0v) is 70.6. The first kappa shape index (κ1) is 80.3. The molecule has 1 saturated carbocycles. The van der Waals surface area contributed by atoms with E-state index in [4.69, 9.17) is 27.6 Å². The molecule has 6 aliphatic heterocycles. The second kappa shape index (κ2) is 32.4. The van der Waals surface area contributed by atoms with Crippen molar-refractivity contribution in [3.63, 3.8) is 0 Å². The normalized spacial score (nSPS) is 18.3. The number of benzene rings is 8. The number of halogens is 5. The number of anilines is 5. The Morgan fingerprint density at radius 3 is 1.50 bits per heavy atom. The Morgan fingerprint density at radius 2 is 1.02 bits per heavy atom. The van der Waals surface area contributed by atoms with Crippen LogP contribution in [0.25, 0.3) is 54.3 Å². The Bertz CT molecular complexity index is 5600. The summed E-state index contributed by atoms with van der Waals surface area (Å²) in [5.41, 5.74) is 15.2. The number of rotatable bonds is 5. The molecule has 111 heavy (non-hydrogen) atoms. The molecule has 9 heterocycles. The number of allylic oxidation sites excluding steroid dienone is 2. The number of H-pyrrole nitrogens is 3. The van der Waals surface area contributed by atoms with Gasteiger partial charge >= 0.3 is 41.7 Å². The fourth-order valence-electron chi connectivity index (χ4n) is 17.1. The summed E-state index contributed by atoms with van der Waals surface area (Å²) in [6.45, 7) is 14.8. The molecule has 3 aromatic heterocycles. The number of phenolic OH excluding ortho intramolecular Hbond substituents is 2. The predicted octanol–water partition coefficient (Wildman–Crippen LogP) is 14.6. The fourth-order valence-corrected chi connectivity index (χ4v) is 17.9. The number of nitrogens with one attached hydrogen (secondary N) is 4. The second-order valence-electron chi connectivity index (χ2n) is 30.1. The summed E-state index contributed by atoms with van der Waals surface area (Å²) >= 11 is 12.9. The minimum Gasteiger partial charge on any atom is -0.857 e. The van der Waals surface area contributed by atoms with E-state index in [1.165, 1.54) is 5.56 Å². The molecule has 8 aromatic carbocycles. The second-order valence-corrected chi connectivity index (χ2v) is 31.1. The van der Waals surface area contributed by atoms with E-state index in [-0.39, 0.29) is 111 Å². The van der Waals surface area contributed by atoms with Crippen LogP contribution in [0, 0.1) is 5.92 Å². The van der Waals surface area contributed by atoms with E-state index in [9.17, 15) is 43.4 Å². The van der Waals surface area contributed by atoms with Crippen LogP contribution in [0.4, 0.5) is 42.4 Å². The summed E-state index contributed by atoms with van der Waals surface area (Å²) in [6.07, 6.45) is 4.27. The third-order valence-electron chi connectivity index (χ3n) is 21.7. The number of aromatic amines is 3. The van der Waals surface area contributed by atoms with E-state index >= 15 is 0 Å². The van der Waals surface area contributed by atoms with Gasteiger partial charge in [-0.25, -0.2) is 9.59 Å². The van der Waals surface area contributed by atoms with Crippen LogP contribution in [0.15, 0.2) is 151 Å². The Labute approximate surface area is 697 Å². The van der Waals surface area contributed by atoms with Gasteiger partial charge in [0, 0.05) is 146 Å². The third kappa shape index (κ3) is 14.5. The van der Waals surface area contributed by atoms with Crippen LogP contribution >= 0.6 is 60.4 Å². The number of phenols is 2. The molecule has 1 saturated heterocycles. The van der Waals surface area contributed by atoms with Gasteiger partial charge in [-0.2, -0.15) is 7.11 Å². The summed E-state index contributed by atoms with van der Waals surface area (Å²) in [4.78, 5) is 98.0. The van der Waals surface area contributed by atoms with Crippen molar-refractivity contribution in [2.45, 2.75) is 95.7 Å². The standard InChI is InChI=1S/C29H28ClN3O4.C29H27N3O4.C24H20BrN3O2.CH3Br.CH3F.CH3O.BrH.Na/c1-29(2,3)37-28(36)32-11-10-17-20-12-22(31-21(20)8-9-23(17)32)27(35)33-15-16(14-30)26-19-7-5-4-6-18(19)25(34)13-24(26)33;1-28(2,3)36-27(35)31-11-10-17-19-12-22(30-21(19)8-9-23(17)31)26(34)32-15-16-14-29(16)20-7-5-4-6-18(20)24(33)13-25(29)32;25-11-13-12-28(21-10-22(29)15-3-1-2-4-16(15)23(13)21)24(30)20-9-17-14-7-8-26-18(14)5-6-19(17)27-20;3*1-2;;/h4-9,12-13,16,31,34H,10-11,14-15H2,1-3H3;4-9,12-13,16,30H,10-11,14-15H2,1-3H3;1-6,9-10,13,26-27,29H,7-8,11-12H2;3*1H3;1H;/q;;;;;-1;;+1/t16-;;13-;;;;;/m1.1...../s1/i;;;;1D;;;. The molecule has 19 rings (SSSR count). The van der Waals surface area contributed by atoms with Crippen molar-refractivity contribution in [1.29, 1.82) is 0 Å². The molecule has 0 bridgehead atoms. The van der Waals surface area contributed by atoms with Crippen LogP contribution in [-0.2, 0) is 34.2 Å². The SMILES string of the molecule is Br.CBr.CC(C)(C)OC(=O)N1CCc2c1ccc1[nH]c(C(=O)N3CC4CC45C3=CC(=O)c3ccccc35)cc21.CC(C)(C)OC(=O)N1CCc2c1ccc1[nH]c(C(=O)N3C[C@@H](CCl)c4c3cc(O)c3ccccc43)cc21.C[O-].O=C(c1cc2c3c(ccc2[nH]1)NCC3)N1C[C@@H](CBr)c2c1cc(O)c1ccccc21.[2H]CF.[Na+]. The molecule has 2 unspecified atom stereocenters. The number of piperidine rings is 1. The molecule has 5 amide bonds. The number of carbonyl (C=O) groups excluding carboxylic acids is 6. The number of likely N-dealkylation sites (tertiary alicyclic amines) is 1. The van der Waals surface area contributed by atoms with Crippen molar-refractivity contribution in [2.24, 2.45) is 5.92 Å². The van der Waals surface area contributed by atoms with Crippen molar-refractivity contribution in [3.05, 3.63) is 207 Å². The van der Waals surface area contributed by atoms with Crippen LogP contribution in [0.3, 0.4) is 0 Å². The Morgan fingerprint density at radius 1 is 0.586 bits per heavy atom. The molecular formula is C85H85Br3ClFN9NaO11. The third-order valence-corrected chi connectivity index (χ3v) is 22.8. The van der Waals surface area contributed by atoms with Gasteiger partial charge in [-0.1, -0.05) is 105 Å². The maximum atomic E-state index is 13.8.